The second-order valence-corrected chi connectivity index (χ2v) is 12.0. The van der Waals surface area contributed by atoms with E-state index in [4.69, 9.17) is 0 Å². The monoisotopic (exact) mass is 456 g/mol. The fourth-order valence-corrected chi connectivity index (χ4v) is 9.85. The van der Waals surface area contributed by atoms with Crippen molar-refractivity contribution in [1.29, 1.82) is 0 Å². The molecule has 3 aliphatic carbocycles. The van der Waals surface area contributed by atoms with E-state index in [0.29, 0.717) is 11.5 Å². The molecule has 32 heavy (non-hydrogen) atoms. The van der Waals surface area contributed by atoms with Crippen LogP contribution in [0.25, 0.3) is 9.40 Å². The number of benzene rings is 3. The van der Waals surface area contributed by atoms with E-state index in [1.54, 1.807) is 22.7 Å². The van der Waals surface area contributed by atoms with Crippen LogP contribution in [-0.4, -0.2) is 23.3 Å². The smallest absolute Gasteiger partial charge is 0.315 e. The lowest BCUT2D eigenvalue weighted by molar-refractivity contribution is 0.326. The number of aryl methyl sites for hydroxylation is 1. The first-order valence-corrected chi connectivity index (χ1v) is 13.1. The Bertz CT molecular complexity index is 1590. The molecule has 3 unspecified atom stereocenters. The van der Waals surface area contributed by atoms with Crippen LogP contribution in [0, 0.1) is 6.92 Å². The summed E-state index contributed by atoms with van der Waals surface area (Å²) in [6, 6.07) is 15.4. The summed E-state index contributed by atoms with van der Waals surface area (Å²) in [5.41, 5.74) is 8.40. The van der Waals surface area contributed by atoms with Crippen molar-refractivity contribution in [2.24, 2.45) is 0 Å². The Balaban J connectivity index is 1.50. The molecule has 1 aromatic heterocycles. The maximum absolute atomic E-state index is 11.7. The summed E-state index contributed by atoms with van der Waals surface area (Å²) in [5, 5.41) is 23.4. The molecular weight excluding hydrogens is 434 g/mol. The molecule has 3 nitrogen and oxygen atoms in total. The van der Waals surface area contributed by atoms with E-state index in [0.717, 1.165) is 33.6 Å². The first kappa shape index (κ1) is 17.9. The first-order valence-electron chi connectivity index (χ1n) is 11.4. The van der Waals surface area contributed by atoms with E-state index in [9.17, 15) is 10.2 Å². The fraction of sp³-hybridized carbons (Fsp3) is 0.296. The highest BCUT2D eigenvalue weighted by molar-refractivity contribution is 7.36. The van der Waals surface area contributed by atoms with E-state index in [1.807, 2.05) is 0 Å². The van der Waals surface area contributed by atoms with Gasteiger partial charge < -0.3 is 10.2 Å². The zero-order valence-corrected chi connectivity index (χ0v) is 19.3. The van der Waals surface area contributed by atoms with Gasteiger partial charge in [-0.3, -0.25) is 0 Å². The quantitative estimate of drug-likeness (QED) is 0.284. The third-order valence-corrected chi connectivity index (χ3v) is 11.0. The molecule has 0 amide bonds. The number of aromatic hydroxyl groups is 2. The molecule has 3 aromatic carbocycles. The van der Waals surface area contributed by atoms with E-state index >= 15 is 0 Å². The lowest BCUT2D eigenvalue weighted by atomic mass is 9.43. The van der Waals surface area contributed by atoms with Gasteiger partial charge >= 0.3 is 3.98 Å². The Morgan fingerprint density at radius 1 is 0.844 bits per heavy atom. The summed E-state index contributed by atoms with van der Waals surface area (Å²) in [6.45, 7) is 4.27. The molecule has 4 aromatic rings. The number of phenolic OH excluding ortho intramolecular Hbond substituents is 2. The molecule has 2 heterocycles. The summed E-state index contributed by atoms with van der Waals surface area (Å²) in [6.07, 6.45) is 2.43. The van der Waals surface area contributed by atoms with E-state index in [2.05, 4.69) is 54.0 Å². The Morgan fingerprint density at radius 2 is 1.47 bits per heavy atom. The Morgan fingerprint density at radius 3 is 2.19 bits per heavy atom. The van der Waals surface area contributed by atoms with E-state index in [-0.39, 0.29) is 17.3 Å². The number of phenols is 2. The van der Waals surface area contributed by atoms with Crippen LogP contribution in [0.4, 0.5) is 0 Å². The van der Waals surface area contributed by atoms with Gasteiger partial charge in [-0.15, -0.1) is 0 Å². The standard InChI is InChI=1S/C27H21NO2S2/c1-13-8-9-17-15(12-13)21-19-18(20-14-6-2-3-7-16(14)27(17,20)21)22(29)24-25(23(19)30)32-26(31-24)28-10-4-5-11-28/h2-3,6-9,12,20-21H,4-5,10-11H2,1H3,(H-,29,30)/p+1. The highest BCUT2D eigenvalue weighted by atomic mass is 32.2. The van der Waals surface area contributed by atoms with Gasteiger partial charge in [0.1, 0.15) is 24.6 Å². The van der Waals surface area contributed by atoms with Crippen LogP contribution in [0.15, 0.2) is 42.5 Å². The number of nitrogens with zero attached hydrogens (tertiary/aromatic N) is 1. The second kappa shape index (κ2) is 5.64. The second-order valence-electron chi connectivity index (χ2n) is 9.76. The summed E-state index contributed by atoms with van der Waals surface area (Å²) in [7, 11) is 0. The first-order chi connectivity index (χ1) is 15.6. The van der Waals surface area contributed by atoms with Gasteiger partial charge in [-0.05, 0) is 29.2 Å². The van der Waals surface area contributed by atoms with Crippen LogP contribution in [0.5, 0.6) is 11.5 Å². The summed E-state index contributed by atoms with van der Waals surface area (Å²) in [5.74, 6) is 1.03. The van der Waals surface area contributed by atoms with Gasteiger partial charge in [-0.25, -0.2) is 4.58 Å². The number of rotatable bonds is 0. The largest absolute Gasteiger partial charge is 0.506 e. The molecule has 0 bridgehead atoms. The van der Waals surface area contributed by atoms with Crippen molar-refractivity contribution in [1.82, 2.24) is 4.58 Å². The zero-order valence-electron chi connectivity index (χ0n) is 17.7. The highest BCUT2D eigenvalue weighted by Gasteiger charge is 2.71. The number of hydrogen-bond donors (Lipinski definition) is 2. The molecule has 3 atom stereocenters. The van der Waals surface area contributed by atoms with Crippen molar-refractivity contribution in [3.8, 4) is 11.5 Å². The van der Waals surface area contributed by atoms with Crippen molar-refractivity contribution in [3.05, 3.63) is 85.4 Å². The van der Waals surface area contributed by atoms with Gasteiger partial charge in [0, 0.05) is 41.2 Å². The van der Waals surface area contributed by atoms with Gasteiger partial charge in [0.15, 0.2) is 0 Å². The molecule has 158 valence electrons. The molecule has 4 aliphatic rings. The van der Waals surface area contributed by atoms with Crippen molar-refractivity contribution in [2.75, 3.05) is 13.1 Å². The Kier molecular flexibility index (Phi) is 3.15. The van der Waals surface area contributed by atoms with Gasteiger partial charge in [0.05, 0.1) is 9.40 Å². The SMILES string of the molecule is Cc1ccc2c(c1)C1c3c(c(O)c4sc(=[N+]5CCCC5)sc4c3O)C3c4ccccc4C231. The molecule has 0 radical (unpaired) electrons. The highest BCUT2D eigenvalue weighted by Crippen LogP contribution is 2.79. The molecule has 5 heteroatoms. The Hall–Kier alpha value is -2.63. The van der Waals surface area contributed by atoms with Crippen molar-refractivity contribution in [3.63, 3.8) is 0 Å². The van der Waals surface area contributed by atoms with Crippen LogP contribution in [0.1, 0.15) is 63.6 Å². The Labute approximate surface area is 193 Å². The van der Waals surface area contributed by atoms with Gasteiger partial charge in [0.2, 0.25) is 0 Å². The minimum absolute atomic E-state index is 0.116. The van der Waals surface area contributed by atoms with Crippen LogP contribution >= 0.6 is 22.7 Å². The van der Waals surface area contributed by atoms with Gasteiger partial charge in [-0.1, -0.05) is 70.7 Å². The fourth-order valence-electron chi connectivity index (χ4n) is 7.17. The average molecular weight is 457 g/mol. The zero-order chi connectivity index (χ0) is 21.4. The maximum Gasteiger partial charge on any atom is 0.315 e. The lowest BCUT2D eigenvalue weighted by Crippen LogP contribution is -2.52. The molecule has 2 N–H and O–H groups in total. The van der Waals surface area contributed by atoms with E-state index in [1.165, 1.54) is 44.6 Å². The normalized spacial score (nSPS) is 26.1. The third kappa shape index (κ3) is 1.75. The molecule has 8 rings (SSSR count). The van der Waals surface area contributed by atoms with Crippen molar-refractivity contribution < 1.29 is 10.2 Å². The number of hydrogen-bond acceptors (Lipinski definition) is 4. The van der Waals surface area contributed by atoms with Crippen LogP contribution in [-0.2, 0) is 5.41 Å². The predicted octanol–water partition coefficient (Wildman–Crippen LogP) is 5.14. The van der Waals surface area contributed by atoms with Crippen molar-refractivity contribution >= 4 is 32.1 Å². The predicted molar refractivity (Wildman–Crippen MR) is 129 cm³/mol. The summed E-state index contributed by atoms with van der Waals surface area (Å²) in [4.78, 5) is 0. The van der Waals surface area contributed by atoms with Crippen LogP contribution in [0.2, 0.25) is 0 Å². The topological polar surface area (TPSA) is 43.5 Å². The molecule has 1 saturated heterocycles. The molecular formula is C27H22NO2S2+. The van der Waals surface area contributed by atoms with E-state index < -0.39 is 0 Å². The molecule has 1 spiro atoms. The van der Waals surface area contributed by atoms with Crippen LogP contribution in [0.3, 0.4) is 0 Å². The minimum Gasteiger partial charge on any atom is -0.506 e. The maximum atomic E-state index is 11.7. The molecule has 1 aliphatic heterocycles. The number of fused-ring (bicyclic) bond motifs is 8. The summed E-state index contributed by atoms with van der Waals surface area (Å²) < 4.78 is 5.32. The molecule has 0 saturated carbocycles. The van der Waals surface area contributed by atoms with Crippen molar-refractivity contribution in [2.45, 2.75) is 37.0 Å². The molecule has 1 fully saturated rings. The van der Waals surface area contributed by atoms with Gasteiger partial charge in [0.25, 0.3) is 0 Å². The lowest BCUT2D eigenvalue weighted by Gasteiger charge is -2.58. The van der Waals surface area contributed by atoms with Gasteiger partial charge in [-0.2, -0.15) is 0 Å². The third-order valence-electron chi connectivity index (χ3n) is 8.35. The minimum atomic E-state index is -0.136. The summed E-state index contributed by atoms with van der Waals surface area (Å²) >= 11 is 3.30. The average Bonchev–Trinajstić information content (AvgIpc) is 3.49. The van der Waals surface area contributed by atoms with Crippen LogP contribution < -0.4 is 8.56 Å².